The van der Waals surface area contributed by atoms with Gasteiger partial charge >= 0.3 is 0 Å². The van der Waals surface area contributed by atoms with Crippen LogP contribution in [0.2, 0.25) is 10.3 Å². The van der Waals surface area contributed by atoms with Crippen molar-refractivity contribution in [3.63, 3.8) is 0 Å². The summed E-state index contributed by atoms with van der Waals surface area (Å²) in [7, 11) is 0. The number of hydrogen-bond acceptors (Lipinski definition) is 2. The number of fused-ring (bicyclic) bond motifs is 1. The maximum Gasteiger partial charge on any atom is 0.165 e. The van der Waals surface area contributed by atoms with Gasteiger partial charge in [-0.05, 0) is 31.4 Å². The minimum atomic E-state index is 0. The van der Waals surface area contributed by atoms with Crippen molar-refractivity contribution < 1.29 is 0 Å². The molecule has 3 rings (SSSR count). The summed E-state index contributed by atoms with van der Waals surface area (Å²) in [4.78, 5) is 8.59. The van der Waals surface area contributed by atoms with Crippen LogP contribution in [0.15, 0.2) is 42.4 Å². The topological polar surface area (TPSA) is 31.9 Å². The van der Waals surface area contributed by atoms with Crippen molar-refractivity contribution in [3.8, 4) is 0 Å². The summed E-state index contributed by atoms with van der Waals surface area (Å²) in [5.74, 6) is 0. The van der Waals surface area contributed by atoms with E-state index in [1.807, 2.05) is 0 Å². The van der Waals surface area contributed by atoms with Gasteiger partial charge in [0.1, 0.15) is 5.15 Å². The predicted octanol–water partition coefficient (Wildman–Crippen LogP) is 6.05. The molecule has 126 valence electrons. The SMILES string of the molecule is Br.CCCCN1C=C(C)Cc2ccccc21.Clc1nc[nH]c1Cl. The van der Waals surface area contributed by atoms with Crippen LogP contribution in [0.3, 0.4) is 0 Å². The summed E-state index contributed by atoms with van der Waals surface area (Å²) in [5.41, 5.74) is 4.33. The fraction of sp³-hybridized carbons (Fsp3) is 0.353. The molecular weight excluding hydrogens is 397 g/mol. The molecule has 0 amide bonds. The van der Waals surface area contributed by atoms with Gasteiger partial charge < -0.3 is 9.88 Å². The maximum absolute atomic E-state index is 5.37. The van der Waals surface area contributed by atoms with Crippen molar-refractivity contribution in [2.75, 3.05) is 11.4 Å². The van der Waals surface area contributed by atoms with Gasteiger partial charge in [-0.1, -0.05) is 60.3 Å². The molecule has 0 saturated heterocycles. The summed E-state index contributed by atoms with van der Waals surface area (Å²) >= 11 is 10.7. The summed E-state index contributed by atoms with van der Waals surface area (Å²) in [5, 5.41) is 0.711. The van der Waals surface area contributed by atoms with Crippen LogP contribution in [0, 0.1) is 0 Å². The number of imidazole rings is 1. The molecule has 2 aromatic rings. The molecule has 1 aliphatic heterocycles. The molecule has 0 unspecified atom stereocenters. The minimum Gasteiger partial charge on any atom is -0.348 e. The highest BCUT2D eigenvalue weighted by molar-refractivity contribution is 8.93. The highest BCUT2D eigenvalue weighted by Crippen LogP contribution is 2.28. The Morgan fingerprint density at radius 2 is 2.00 bits per heavy atom. The van der Waals surface area contributed by atoms with Gasteiger partial charge in [-0.25, -0.2) is 4.98 Å². The molecule has 2 heterocycles. The van der Waals surface area contributed by atoms with Crippen molar-refractivity contribution in [3.05, 3.63) is 58.2 Å². The van der Waals surface area contributed by atoms with Gasteiger partial charge in [0.2, 0.25) is 0 Å². The first-order valence-electron chi connectivity index (χ1n) is 7.48. The molecule has 0 atom stereocenters. The number of benzene rings is 1. The molecule has 6 heteroatoms. The molecular formula is C17H22BrCl2N3. The largest absolute Gasteiger partial charge is 0.348 e. The van der Waals surface area contributed by atoms with E-state index in [1.165, 1.54) is 36.0 Å². The van der Waals surface area contributed by atoms with Crippen molar-refractivity contribution in [2.45, 2.75) is 33.1 Å². The summed E-state index contributed by atoms with van der Waals surface area (Å²) in [6, 6.07) is 8.74. The fourth-order valence-electron chi connectivity index (χ4n) is 2.40. The van der Waals surface area contributed by atoms with Gasteiger partial charge in [-0.15, -0.1) is 17.0 Å². The molecule has 1 aromatic heterocycles. The van der Waals surface area contributed by atoms with Gasteiger partial charge in [-0.2, -0.15) is 0 Å². The van der Waals surface area contributed by atoms with Gasteiger partial charge in [0.25, 0.3) is 0 Å². The normalized spacial score (nSPS) is 12.5. The maximum atomic E-state index is 5.37. The highest BCUT2D eigenvalue weighted by Gasteiger charge is 2.13. The number of aromatic amines is 1. The Balaban J connectivity index is 0.000000280. The Morgan fingerprint density at radius 1 is 1.26 bits per heavy atom. The average molecular weight is 419 g/mol. The highest BCUT2D eigenvalue weighted by atomic mass is 79.9. The molecule has 0 bridgehead atoms. The van der Waals surface area contributed by atoms with E-state index in [4.69, 9.17) is 23.2 Å². The number of anilines is 1. The second-order valence-corrected chi connectivity index (χ2v) is 6.07. The lowest BCUT2D eigenvalue weighted by molar-refractivity contribution is 0.770. The van der Waals surface area contributed by atoms with Crippen molar-refractivity contribution in [1.82, 2.24) is 9.97 Å². The van der Waals surface area contributed by atoms with Gasteiger partial charge in [-0.3, -0.25) is 0 Å². The van der Waals surface area contributed by atoms with Crippen LogP contribution in [-0.4, -0.2) is 16.5 Å². The van der Waals surface area contributed by atoms with Gasteiger partial charge in [0, 0.05) is 18.4 Å². The lowest BCUT2D eigenvalue weighted by Gasteiger charge is -2.28. The molecule has 0 spiro atoms. The lowest BCUT2D eigenvalue weighted by atomic mass is 10.0. The number of nitrogens with zero attached hydrogens (tertiary/aromatic N) is 2. The van der Waals surface area contributed by atoms with Crippen molar-refractivity contribution in [2.24, 2.45) is 0 Å². The summed E-state index contributed by atoms with van der Waals surface area (Å²) in [6.45, 7) is 5.60. The third-order valence-corrected chi connectivity index (χ3v) is 4.12. The minimum absolute atomic E-state index is 0. The van der Waals surface area contributed by atoms with E-state index < -0.39 is 0 Å². The van der Waals surface area contributed by atoms with Crippen LogP contribution >= 0.6 is 40.2 Å². The van der Waals surface area contributed by atoms with Crippen LogP contribution in [-0.2, 0) is 6.42 Å². The van der Waals surface area contributed by atoms with E-state index in [1.54, 1.807) is 0 Å². The summed E-state index contributed by atoms with van der Waals surface area (Å²) < 4.78 is 0. The Labute approximate surface area is 158 Å². The molecule has 0 saturated carbocycles. The second kappa shape index (κ2) is 10.0. The van der Waals surface area contributed by atoms with Crippen molar-refractivity contribution >= 4 is 45.9 Å². The molecule has 0 radical (unpaired) electrons. The number of nitrogens with one attached hydrogen (secondary N) is 1. The number of hydrogen-bond donors (Lipinski definition) is 1. The Bertz CT molecular complexity index is 624. The van der Waals surface area contributed by atoms with Gasteiger partial charge in [0.05, 0.1) is 6.33 Å². The predicted molar refractivity (Wildman–Crippen MR) is 105 cm³/mol. The third kappa shape index (κ3) is 5.87. The molecule has 1 aromatic carbocycles. The number of para-hydroxylation sites is 1. The van der Waals surface area contributed by atoms with Crippen LogP contribution < -0.4 is 4.90 Å². The van der Waals surface area contributed by atoms with Crippen molar-refractivity contribution in [1.29, 1.82) is 0 Å². The lowest BCUT2D eigenvalue weighted by Crippen LogP contribution is -2.22. The molecule has 0 aliphatic carbocycles. The molecule has 1 N–H and O–H groups in total. The quantitative estimate of drug-likeness (QED) is 0.657. The van der Waals surface area contributed by atoms with Crippen LogP contribution in [0.1, 0.15) is 32.3 Å². The number of unbranched alkanes of at least 4 members (excludes halogenated alkanes) is 1. The number of H-pyrrole nitrogens is 1. The van der Waals surface area contributed by atoms with E-state index in [-0.39, 0.29) is 17.0 Å². The number of allylic oxidation sites excluding steroid dienone is 1. The Kier molecular flexibility index (Phi) is 8.74. The summed E-state index contributed by atoms with van der Waals surface area (Å²) in [6.07, 6.45) is 7.37. The zero-order valence-corrected chi connectivity index (χ0v) is 16.6. The van der Waals surface area contributed by atoms with E-state index in [9.17, 15) is 0 Å². The first-order chi connectivity index (χ1) is 10.6. The molecule has 1 aliphatic rings. The fourth-order valence-corrected chi connectivity index (χ4v) is 2.60. The molecule has 23 heavy (non-hydrogen) atoms. The van der Waals surface area contributed by atoms with E-state index in [0.29, 0.717) is 10.3 Å². The monoisotopic (exact) mass is 417 g/mol. The standard InChI is InChI=1S/C14H19N.C3H2Cl2N2.BrH/c1-3-4-9-15-11-12(2)10-13-7-5-6-8-14(13)15;4-2-3(5)7-1-6-2;/h5-8,11H,3-4,9-10H2,1-2H3;1H,(H,6,7);1H. The second-order valence-electron chi connectivity index (χ2n) is 5.34. The third-order valence-electron chi connectivity index (χ3n) is 3.45. The van der Waals surface area contributed by atoms with Crippen LogP contribution in [0.25, 0.3) is 0 Å². The smallest absolute Gasteiger partial charge is 0.165 e. The zero-order valence-electron chi connectivity index (χ0n) is 13.4. The average Bonchev–Trinajstić information content (AvgIpc) is 2.89. The van der Waals surface area contributed by atoms with Gasteiger partial charge in [0.15, 0.2) is 5.15 Å². The Morgan fingerprint density at radius 3 is 2.57 bits per heavy atom. The zero-order chi connectivity index (χ0) is 15.9. The first-order valence-corrected chi connectivity index (χ1v) is 8.23. The van der Waals surface area contributed by atoms with Crippen LogP contribution in [0.4, 0.5) is 5.69 Å². The molecule has 3 nitrogen and oxygen atoms in total. The van der Waals surface area contributed by atoms with E-state index >= 15 is 0 Å². The Hall–Kier alpha value is -0.970. The first kappa shape index (κ1) is 20.1. The number of rotatable bonds is 3. The molecule has 0 fully saturated rings. The van der Waals surface area contributed by atoms with Crippen LogP contribution in [0.5, 0.6) is 0 Å². The number of halogens is 3. The van der Waals surface area contributed by atoms with E-state index in [0.717, 1.165) is 13.0 Å². The van der Waals surface area contributed by atoms with E-state index in [2.05, 4.69) is 59.2 Å². The number of aromatic nitrogens is 2.